The third-order valence-electron chi connectivity index (χ3n) is 8.24. The zero-order chi connectivity index (χ0) is 29.8. The quantitative estimate of drug-likeness (QED) is 0.215. The van der Waals surface area contributed by atoms with Gasteiger partial charge in [-0.3, -0.25) is 0 Å². The molecule has 0 aromatic heterocycles. The van der Waals surface area contributed by atoms with Crippen molar-refractivity contribution < 1.29 is 9.47 Å². The van der Waals surface area contributed by atoms with Gasteiger partial charge in [-0.2, -0.15) is 0 Å². The molecule has 6 heteroatoms. The highest BCUT2D eigenvalue weighted by atomic mass is 31.1. The Balaban J connectivity index is 1.71. The van der Waals surface area contributed by atoms with Gasteiger partial charge in [0.2, 0.25) is 0 Å². The minimum Gasteiger partial charge on any atom is -0.496 e. The minimum atomic E-state index is -0.739. The molecule has 0 bridgehead atoms. The Morgan fingerprint density at radius 1 is 0.500 bits per heavy atom. The predicted octanol–water partition coefficient (Wildman–Crippen LogP) is 9.17. The highest BCUT2D eigenvalue weighted by molar-refractivity contribution is 7.73. The molecule has 2 unspecified atom stereocenters. The summed E-state index contributed by atoms with van der Waals surface area (Å²) in [4.78, 5) is 5.32. The Morgan fingerprint density at radius 3 is 1.17 bits per heavy atom. The van der Waals surface area contributed by atoms with E-state index in [1.165, 1.54) is 33.4 Å². The Morgan fingerprint density at radius 2 is 0.857 bits per heavy atom. The van der Waals surface area contributed by atoms with E-state index in [0.29, 0.717) is 0 Å². The van der Waals surface area contributed by atoms with Crippen molar-refractivity contribution in [2.24, 2.45) is 0 Å². The predicted molar refractivity (Wildman–Crippen MR) is 183 cm³/mol. The van der Waals surface area contributed by atoms with Gasteiger partial charge in [0, 0.05) is 22.0 Å². The van der Waals surface area contributed by atoms with Crippen LogP contribution in [-0.4, -0.2) is 36.1 Å². The van der Waals surface area contributed by atoms with Crippen molar-refractivity contribution in [1.29, 1.82) is 0 Å². The number of ether oxygens (including phenoxy) is 2. The Bertz CT molecular complexity index is 1440. The van der Waals surface area contributed by atoms with Gasteiger partial charge in [0.05, 0.1) is 37.2 Å². The molecule has 0 aliphatic carbocycles. The molecule has 42 heavy (non-hydrogen) atoms. The number of benzene rings is 4. The van der Waals surface area contributed by atoms with Crippen molar-refractivity contribution in [3.05, 3.63) is 97.1 Å². The van der Waals surface area contributed by atoms with E-state index in [1.807, 2.05) is 14.2 Å². The second-order valence-corrected chi connectivity index (χ2v) is 19.1. The topological polar surface area (TPSA) is 24.9 Å². The first-order chi connectivity index (χ1) is 20.1. The number of hydrogen-bond donors (Lipinski definition) is 0. The minimum absolute atomic E-state index is 0.0209. The molecule has 0 saturated heterocycles. The van der Waals surface area contributed by atoms with Crippen LogP contribution in [0.15, 0.2) is 97.1 Å². The average molecular weight is 597 g/mol. The number of anilines is 4. The van der Waals surface area contributed by atoms with Crippen LogP contribution in [-0.2, 0) is 0 Å². The standard InChI is InChI=1S/C36H42N2O2P2/c1-35(2,3)41-31-27(21-15-23-29(31)39-7)37(25-17-11-9-12-18-25)33(41)34-38(26-19-13-10-14-20-26)28-22-16-24-30(40-8)32(28)42(34)36(4,5)6/h9-24,33-34H,1-8H3/t33?,34?,41-,42-/m0/s1. The number of rotatable bonds is 5. The summed E-state index contributed by atoms with van der Waals surface area (Å²) in [7, 11) is 2.16. The molecule has 0 fully saturated rings. The molecule has 218 valence electrons. The van der Waals surface area contributed by atoms with Crippen molar-refractivity contribution in [3.8, 4) is 11.5 Å². The fraction of sp³-hybridized carbons (Fsp3) is 0.333. The first kappa shape index (κ1) is 29.0. The average Bonchev–Trinajstić information content (AvgIpc) is 3.51. The second kappa shape index (κ2) is 10.9. The van der Waals surface area contributed by atoms with Crippen LogP contribution in [0.4, 0.5) is 22.7 Å². The van der Waals surface area contributed by atoms with Gasteiger partial charge in [-0.1, -0.05) is 90.1 Å². The summed E-state index contributed by atoms with van der Waals surface area (Å²) >= 11 is 0. The molecule has 0 saturated carbocycles. The summed E-state index contributed by atoms with van der Waals surface area (Å²) in [6.07, 6.45) is 0. The van der Waals surface area contributed by atoms with Gasteiger partial charge >= 0.3 is 0 Å². The lowest BCUT2D eigenvalue weighted by Gasteiger charge is -2.47. The van der Waals surface area contributed by atoms with E-state index in [9.17, 15) is 0 Å². The van der Waals surface area contributed by atoms with Crippen LogP contribution in [0.3, 0.4) is 0 Å². The van der Waals surface area contributed by atoms with E-state index in [2.05, 4.69) is 148 Å². The summed E-state index contributed by atoms with van der Waals surface area (Å²) in [5.74, 6) is 2.38. The summed E-state index contributed by atoms with van der Waals surface area (Å²) in [5.41, 5.74) is 5.00. The summed E-state index contributed by atoms with van der Waals surface area (Å²) in [6, 6.07) is 35.2. The van der Waals surface area contributed by atoms with Gasteiger partial charge in [0.1, 0.15) is 11.5 Å². The fourth-order valence-corrected chi connectivity index (χ4v) is 14.5. The van der Waals surface area contributed by atoms with Crippen molar-refractivity contribution in [3.63, 3.8) is 0 Å². The van der Waals surface area contributed by atoms with Gasteiger partial charge in [-0.25, -0.2) is 0 Å². The fourth-order valence-electron chi connectivity index (χ4n) is 6.76. The van der Waals surface area contributed by atoms with Crippen molar-refractivity contribution in [1.82, 2.24) is 0 Å². The summed E-state index contributed by atoms with van der Waals surface area (Å²) in [5, 5.41) is 2.78. The lowest BCUT2D eigenvalue weighted by molar-refractivity contribution is 0.418. The molecule has 2 aliphatic heterocycles. The Hall–Kier alpha value is -3.06. The van der Waals surface area contributed by atoms with Crippen molar-refractivity contribution in [2.45, 2.75) is 63.4 Å². The highest BCUT2D eigenvalue weighted by Crippen LogP contribution is 2.73. The van der Waals surface area contributed by atoms with E-state index in [1.54, 1.807) is 0 Å². The summed E-state index contributed by atoms with van der Waals surface area (Å²) < 4.78 is 12.3. The molecule has 0 N–H and O–H groups in total. The van der Waals surface area contributed by atoms with Gasteiger partial charge < -0.3 is 19.3 Å². The molecule has 6 rings (SSSR count). The maximum atomic E-state index is 6.14. The van der Waals surface area contributed by atoms with Gasteiger partial charge in [-0.15, -0.1) is 0 Å². The normalized spacial score (nSPS) is 21.7. The zero-order valence-electron chi connectivity index (χ0n) is 26.0. The monoisotopic (exact) mass is 596 g/mol. The number of hydrogen-bond acceptors (Lipinski definition) is 4. The maximum Gasteiger partial charge on any atom is 0.128 e. The smallest absolute Gasteiger partial charge is 0.128 e. The number of nitrogens with zero attached hydrogens (tertiary/aromatic N) is 2. The van der Waals surface area contributed by atoms with Crippen LogP contribution >= 0.6 is 15.8 Å². The largest absolute Gasteiger partial charge is 0.496 e. The number of methoxy groups -OCH3 is 2. The van der Waals surface area contributed by atoms with Crippen LogP contribution < -0.4 is 29.9 Å². The number of para-hydroxylation sites is 2. The zero-order valence-corrected chi connectivity index (χ0v) is 27.8. The molecule has 4 nitrogen and oxygen atoms in total. The molecular formula is C36H42N2O2P2. The first-order valence-electron chi connectivity index (χ1n) is 14.7. The maximum absolute atomic E-state index is 6.14. The third-order valence-corrected chi connectivity index (χ3v) is 15.3. The molecule has 2 aliphatic rings. The van der Waals surface area contributed by atoms with Crippen LogP contribution in [0.25, 0.3) is 0 Å². The molecule has 0 radical (unpaired) electrons. The second-order valence-electron chi connectivity index (χ2n) is 13.0. The molecule has 2 heterocycles. The molecular weight excluding hydrogens is 554 g/mol. The molecule has 4 atom stereocenters. The van der Waals surface area contributed by atoms with Gasteiger partial charge in [-0.05, 0) is 74.7 Å². The van der Waals surface area contributed by atoms with Crippen LogP contribution in [0.5, 0.6) is 11.5 Å². The molecule has 4 aromatic rings. The van der Waals surface area contributed by atoms with Gasteiger partial charge in [0.15, 0.2) is 0 Å². The van der Waals surface area contributed by atoms with Gasteiger partial charge in [0.25, 0.3) is 0 Å². The Kier molecular flexibility index (Phi) is 7.53. The van der Waals surface area contributed by atoms with E-state index in [4.69, 9.17) is 9.47 Å². The van der Waals surface area contributed by atoms with Crippen LogP contribution in [0.2, 0.25) is 0 Å². The highest BCUT2D eigenvalue weighted by Gasteiger charge is 2.58. The van der Waals surface area contributed by atoms with E-state index in [0.717, 1.165) is 11.5 Å². The third kappa shape index (κ3) is 4.68. The van der Waals surface area contributed by atoms with E-state index < -0.39 is 15.8 Å². The van der Waals surface area contributed by atoms with E-state index >= 15 is 0 Å². The molecule has 4 aromatic carbocycles. The lowest BCUT2D eigenvalue weighted by Crippen LogP contribution is -2.47. The SMILES string of the molecule is COc1cccc2c1[P@](C(C)(C)C)C(C1N(c3ccccc3)c3cccc(OC)c3[P@]1C(C)(C)C)N2c1ccccc1. The number of fused-ring (bicyclic) bond motifs is 2. The van der Waals surface area contributed by atoms with Crippen LogP contribution in [0.1, 0.15) is 41.5 Å². The van der Waals surface area contributed by atoms with E-state index in [-0.39, 0.29) is 21.9 Å². The van der Waals surface area contributed by atoms with Crippen molar-refractivity contribution >= 4 is 49.2 Å². The van der Waals surface area contributed by atoms with Crippen molar-refractivity contribution in [2.75, 3.05) is 24.0 Å². The molecule has 0 amide bonds. The summed E-state index contributed by atoms with van der Waals surface area (Å²) in [6.45, 7) is 14.5. The first-order valence-corrected chi connectivity index (χ1v) is 17.5. The van der Waals surface area contributed by atoms with Crippen LogP contribution in [0, 0.1) is 0 Å². The Labute approximate surface area is 254 Å². The molecule has 0 spiro atoms. The lowest BCUT2D eigenvalue weighted by atomic mass is 10.2.